The van der Waals surface area contributed by atoms with Crippen molar-refractivity contribution in [2.45, 2.75) is 58.2 Å². The first-order valence-corrected chi connectivity index (χ1v) is 8.02. The molecule has 2 rings (SSSR count). The lowest BCUT2D eigenvalue weighted by molar-refractivity contribution is -0.132. The fourth-order valence-corrected chi connectivity index (χ4v) is 3.27. The van der Waals surface area contributed by atoms with Crippen molar-refractivity contribution < 1.29 is 13.9 Å². The second kappa shape index (κ2) is 7.32. The van der Waals surface area contributed by atoms with E-state index in [0.29, 0.717) is 12.6 Å². The smallest absolute Gasteiger partial charge is 0.238 e. The highest BCUT2D eigenvalue weighted by Gasteiger charge is 2.29. The van der Waals surface area contributed by atoms with E-state index in [0.717, 1.165) is 42.8 Å². The quantitative estimate of drug-likeness (QED) is 0.782. The van der Waals surface area contributed by atoms with Gasteiger partial charge in [-0.2, -0.15) is 0 Å². The van der Waals surface area contributed by atoms with Crippen LogP contribution in [0.5, 0.6) is 0 Å². The van der Waals surface area contributed by atoms with Crippen LogP contribution >= 0.6 is 11.6 Å². The molecule has 0 aromatic carbocycles. The second-order valence-electron chi connectivity index (χ2n) is 5.76. The summed E-state index contributed by atoms with van der Waals surface area (Å²) >= 11 is 5.79. The molecule has 0 unspecified atom stereocenters. The van der Waals surface area contributed by atoms with Gasteiger partial charge in [-0.25, -0.2) is 0 Å². The van der Waals surface area contributed by atoms with Gasteiger partial charge in [0.05, 0.1) is 6.10 Å². The van der Waals surface area contributed by atoms with Crippen LogP contribution in [0.3, 0.4) is 0 Å². The number of furan rings is 1. The molecule has 118 valence electrons. The van der Waals surface area contributed by atoms with Crippen LogP contribution in [-0.2, 0) is 16.1 Å². The van der Waals surface area contributed by atoms with Crippen molar-refractivity contribution in [2.24, 2.45) is 0 Å². The third-order valence-corrected chi connectivity index (χ3v) is 4.57. The number of hydrogen-bond acceptors (Lipinski definition) is 3. The summed E-state index contributed by atoms with van der Waals surface area (Å²) in [5.74, 6) is 1.78. The number of alkyl halides is 1. The molecule has 0 atom stereocenters. The standard InChI is InChI=1S/C16H24ClNO3/c1-11-8-13(12(2)21-11)10-18(16(19)9-17)14-4-6-15(20-3)7-5-14/h8,14-15H,4-7,9-10H2,1-3H3. The molecule has 4 nitrogen and oxygen atoms in total. The molecule has 1 heterocycles. The fraction of sp³-hybridized carbons (Fsp3) is 0.688. The highest BCUT2D eigenvalue weighted by atomic mass is 35.5. The molecule has 0 radical (unpaired) electrons. The minimum absolute atomic E-state index is 0.00390. The molecular formula is C16H24ClNO3. The van der Waals surface area contributed by atoms with Gasteiger partial charge in [-0.15, -0.1) is 11.6 Å². The van der Waals surface area contributed by atoms with Crippen molar-refractivity contribution in [1.82, 2.24) is 4.90 Å². The average molecular weight is 314 g/mol. The lowest BCUT2D eigenvalue weighted by Gasteiger charge is -2.36. The van der Waals surface area contributed by atoms with Crippen molar-refractivity contribution in [1.29, 1.82) is 0 Å². The van der Waals surface area contributed by atoms with Gasteiger partial charge in [0.1, 0.15) is 17.4 Å². The molecule has 0 aliphatic heterocycles. The minimum Gasteiger partial charge on any atom is -0.466 e. The average Bonchev–Trinajstić information content (AvgIpc) is 2.82. The summed E-state index contributed by atoms with van der Waals surface area (Å²) in [5, 5.41) is 0. The molecule has 1 saturated carbocycles. The van der Waals surface area contributed by atoms with E-state index in [2.05, 4.69) is 0 Å². The Labute approximate surface area is 131 Å². The molecule has 0 spiro atoms. The van der Waals surface area contributed by atoms with Crippen LogP contribution in [0.25, 0.3) is 0 Å². The second-order valence-corrected chi connectivity index (χ2v) is 6.03. The first-order valence-electron chi connectivity index (χ1n) is 7.49. The van der Waals surface area contributed by atoms with Gasteiger partial charge in [0.15, 0.2) is 0 Å². The minimum atomic E-state index is -0.00390. The molecular weight excluding hydrogens is 290 g/mol. The maximum absolute atomic E-state index is 12.2. The van der Waals surface area contributed by atoms with E-state index in [4.69, 9.17) is 20.8 Å². The monoisotopic (exact) mass is 313 g/mol. The molecule has 1 aromatic rings. The van der Waals surface area contributed by atoms with Gasteiger partial charge < -0.3 is 14.1 Å². The van der Waals surface area contributed by atoms with E-state index >= 15 is 0 Å². The van der Waals surface area contributed by atoms with Gasteiger partial charge in [0, 0.05) is 25.3 Å². The molecule has 1 aliphatic rings. The third-order valence-electron chi connectivity index (χ3n) is 4.34. The molecule has 1 aliphatic carbocycles. The molecule has 0 N–H and O–H groups in total. The summed E-state index contributed by atoms with van der Waals surface area (Å²) in [7, 11) is 1.75. The zero-order chi connectivity index (χ0) is 15.4. The maximum atomic E-state index is 12.2. The fourth-order valence-electron chi connectivity index (χ4n) is 3.11. The Bertz CT molecular complexity index is 478. The van der Waals surface area contributed by atoms with Gasteiger partial charge in [0.2, 0.25) is 5.91 Å². The molecule has 0 saturated heterocycles. The van der Waals surface area contributed by atoms with E-state index in [-0.39, 0.29) is 17.8 Å². The summed E-state index contributed by atoms with van der Waals surface area (Å²) in [6, 6.07) is 2.25. The van der Waals surface area contributed by atoms with E-state index in [1.165, 1.54) is 0 Å². The third kappa shape index (κ3) is 4.01. The Hall–Kier alpha value is -1.00. The number of aryl methyl sites for hydroxylation is 2. The summed E-state index contributed by atoms with van der Waals surface area (Å²) in [4.78, 5) is 14.1. The van der Waals surface area contributed by atoms with E-state index in [1.807, 2.05) is 24.8 Å². The predicted molar refractivity (Wildman–Crippen MR) is 82.5 cm³/mol. The Morgan fingerprint density at radius 3 is 2.52 bits per heavy atom. The summed E-state index contributed by atoms with van der Waals surface area (Å²) in [6.07, 6.45) is 4.26. The topological polar surface area (TPSA) is 42.7 Å². The number of hydrogen-bond donors (Lipinski definition) is 0. The number of rotatable bonds is 5. The highest BCUT2D eigenvalue weighted by Crippen LogP contribution is 2.27. The van der Waals surface area contributed by atoms with Crippen molar-refractivity contribution >= 4 is 17.5 Å². The molecule has 1 fully saturated rings. The van der Waals surface area contributed by atoms with Crippen molar-refractivity contribution in [3.8, 4) is 0 Å². The van der Waals surface area contributed by atoms with Crippen molar-refractivity contribution in [2.75, 3.05) is 13.0 Å². The Balaban J connectivity index is 2.08. The molecule has 1 aromatic heterocycles. The zero-order valence-corrected chi connectivity index (χ0v) is 13.8. The SMILES string of the molecule is COC1CCC(N(Cc2cc(C)oc2C)C(=O)CCl)CC1. The van der Waals surface area contributed by atoms with E-state index in [1.54, 1.807) is 7.11 Å². The zero-order valence-electron chi connectivity index (χ0n) is 13.0. The molecule has 0 bridgehead atoms. The largest absolute Gasteiger partial charge is 0.466 e. The molecule has 1 amide bonds. The first-order chi connectivity index (χ1) is 10.0. The Kier molecular flexibility index (Phi) is 5.71. The molecule has 5 heteroatoms. The summed E-state index contributed by atoms with van der Waals surface area (Å²) < 4.78 is 11.0. The Morgan fingerprint density at radius 1 is 1.38 bits per heavy atom. The van der Waals surface area contributed by atoms with E-state index < -0.39 is 0 Å². The van der Waals surface area contributed by atoms with Crippen LogP contribution < -0.4 is 0 Å². The lowest BCUT2D eigenvalue weighted by atomic mass is 9.91. The number of carbonyl (C=O) groups excluding carboxylic acids is 1. The predicted octanol–water partition coefficient (Wildman–Crippen LogP) is 3.42. The summed E-state index contributed by atoms with van der Waals surface area (Å²) in [6.45, 7) is 4.44. The number of nitrogens with zero attached hydrogens (tertiary/aromatic N) is 1. The maximum Gasteiger partial charge on any atom is 0.238 e. The van der Waals surface area contributed by atoms with Crippen LogP contribution in [0.15, 0.2) is 10.5 Å². The number of halogens is 1. The Morgan fingerprint density at radius 2 is 2.05 bits per heavy atom. The van der Waals surface area contributed by atoms with Gasteiger partial charge in [-0.05, 0) is 45.6 Å². The summed E-state index contributed by atoms with van der Waals surface area (Å²) in [5.41, 5.74) is 1.07. The highest BCUT2D eigenvalue weighted by molar-refractivity contribution is 6.27. The number of ether oxygens (including phenoxy) is 1. The van der Waals surface area contributed by atoms with E-state index in [9.17, 15) is 4.79 Å². The molecule has 21 heavy (non-hydrogen) atoms. The van der Waals surface area contributed by atoms with Gasteiger partial charge in [0.25, 0.3) is 0 Å². The van der Waals surface area contributed by atoms with Crippen molar-refractivity contribution in [3.05, 3.63) is 23.2 Å². The van der Waals surface area contributed by atoms with Crippen molar-refractivity contribution in [3.63, 3.8) is 0 Å². The van der Waals surface area contributed by atoms with Gasteiger partial charge in [-0.3, -0.25) is 4.79 Å². The first kappa shape index (κ1) is 16.4. The number of carbonyl (C=O) groups is 1. The number of methoxy groups -OCH3 is 1. The van der Waals surface area contributed by atoms with Gasteiger partial charge in [-0.1, -0.05) is 0 Å². The van der Waals surface area contributed by atoms with Crippen LogP contribution in [0.1, 0.15) is 42.8 Å². The lowest BCUT2D eigenvalue weighted by Crippen LogP contribution is -2.43. The normalized spacial score (nSPS) is 22.3. The van der Waals surface area contributed by atoms with Crippen LogP contribution in [0.2, 0.25) is 0 Å². The van der Waals surface area contributed by atoms with Gasteiger partial charge >= 0.3 is 0 Å². The van der Waals surface area contributed by atoms with Crippen LogP contribution in [0, 0.1) is 13.8 Å². The van der Waals surface area contributed by atoms with Crippen LogP contribution in [0.4, 0.5) is 0 Å². The van der Waals surface area contributed by atoms with Crippen LogP contribution in [-0.4, -0.2) is 35.9 Å². The number of amides is 1.